The maximum atomic E-state index is 12.0. The monoisotopic (exact) mass is 273 g/mol. The van der Waals surface area contributed by atoms with Gasteiger partial charge in [-0.2, -0.15) is 5.26 Å². The Morgan fingerprint density at radius 1 is 1.35 bits per heavy atom. The van der Waals surface area contributed by atoms with Gasteiger partial charge in [0.2, 0.25) is 5.91 Å². The summed E-state index contributed by atoms with van der Waals surface area (Å²) in [4.78, 5) is 12.0. The first-order chi connectivity index (χ1) is 9.43. The fraction of sp³-hybridized carbons (Fsp3) is 0.500. The van der Waals surface area contributed by atoms with Crippen LogP contribution in [0, 0.1) is 24.2 Å². The van der Waals surface area contributed by atoms with Crippen LogP contribution in [0.15, 0.2) is 18.2 Å². The zero-order valence-corrected chi connectivity index (χ0v) is 12.7. The van der Waals surface area contributed by atoms with Crippen molar-refractivity contribution in [3.63, 3.8) is 0 Å². The maximum absolute atomic E-state index is 12.0. The average molecular weight is 273 g/mol. The minimum absolute atomic E-state index is 0.0209. The molecule has 0 bridgehead atoms. The molecule has 0 saturated carbocycles. The van der Waals surface area contributed by atoms with Gasteiger partial charge in [-0.05, 0) is 43.9 Å². The number of benzene rings is 1. The summed E-state index contributed by atoms with van der Waals surface area (Å²) >= 11 is 0. The Hall–Kier alpha value is -2.02. The van der Waals surface area contributed by atoms with Crippen molar-refractivity contribution >= 4 is 11.6 Å². The summed E-state index contributed by atoms with van der Waals surface area (Å²) in [5, 5.41) is 15.0. The lowest BCUT2D eigenvalue weighted by atomic mass is 10.1. The van der Waals surface area contributed by atoms with Crippen LogP contribution in [-0.4, -0.2) is 18.5 Å². The lowest BCUT2D eigenvalue weighted by Crippen LogP contribution is -2.38. The molecule has 1 rings (SSSR count). The zero-order chi connectivity index (χ0) is 15.1. The van der Waals surface area contributed by atoms with Crippen molar-refractivity contribution in [1.29, 1.82) is 5.26 Å². The first-order valence-corrected chi connectivity index (χ1v) is 6.99. The van der Waals surface area contributed by atoms with Crippen molar-refractivity contribution < 1.29 is 4.79 Å². The molecule has 1 amide bonds. The van der Waals surface area contributed by atoms with Crippen LogP contribution < -0.4 is 10.6 Å². The van der Waals surface area contributed by atoms with E-state index in [-0.39, 0.29) is 11.9 Å². The van der Waals surface area contributed by atoms with E-state index in [0.717, 1.165) is 17.7 Å². The van der Waals surface area contributed by atoms with Gasteiger partial charge in [-0.3, -0.25) is 4.79 Å². The first-order valence-electron chi connectivity index (χ1n) is 6.99. The molecule has 0 radical (unpaired) electrons. The number of rotatable bonds is 6. The summed E-state index contributed by atoms with van der Waals surface area (Å²) in [6, 6.07) is 7.20. The molecular formula is C16H23N3O. The number of carbonyl (C=O) groups is 1. The maximum Gasteiger partial charge on any atom is 0.242 e. The van der Waals surface area contributed by atoms with Crippen LogP contribution in [0.5, 0.6) is 0 Å². The molecule has 1 aromatic carbocycles. The quantitative estimate of drug-likeness (QED) is 0.837. The third kappa shape index (κ3) is 4.93. The molecule has 0 aliphatic heterocycles. The minimum Gasteiger partial charge on any atom is -0.374 e. The van der Waals surface area contributed by atoms with Crippen LogP contribution in [0.4, 0.5) is 5.69 Å². The normalized spacial score (nSPS) is 11.8. The molecule has 1 unspecified atom stereocenters. The Morgan fingerprint density at radius 2 is 2.05 bits per heavy atom. The van der Waals surface area contributed by atoms with E-state index in [1.807, 2.05) is 19.9 Å². The van der Waals surface area contributed by atoms with Gasteiger partial charge in [-0.1, -0.05) is 19.9 Å². The first kappa shape index (κ1) is 16.0. The average Bonchev–Trinajstić information content (AvgIpc) is 2.40. The predicted molar refractivity (Wildman–Crippen MR) is 81.4 cm³/mol. The largest absolute Gasteiger partial charge is 0.374 e. The molecule has 2 N–H and O–H groups in total. The van der Waals surface area contributed by atoms with Crippen LogP contribution in [0.2, 0.25) is 0 Å². The number of carbonyl (C=O) groups excluding carboxylic acids is 1. The van der Waals surface area contributed by atoms with E-state index in [1.54, 1.807) is 12.1 Å². The summed E-state index contributed by atoms with van der Waals surface area (Å²) in [7, 11) is 0. The third-order valence-electron chi connectivity index (χ3n) is 3.15. The number of nitriles is 1. The molecule has 0 aliphatic carbocycles. The molecule has 4 heteroatoms. The van der Waals surface area contributed by atoms with Crippen molar-refractivity contribution in [3.05, 3.63) is 29.3 Å². The van der Waals surface area contributed by atoms with Gasteiger partial charge in [0, 0.05) is 12.2 Å². The Morgan fingerprint density at radius 3 is 2.65 bits per heavy atom. The van der Waals surface area contributed by atoms with Crippen molar-refractivity contribution in [3.8, 4) is 6.07 Å². The van der Waals surface area contributed by atoms with Gasteiger partial charge in [0.05, 0.1) is 11.6 Å². The molecule has 108 valence electrons. The van der Waals surface area contributed by atoms with Crippen LogP contribution in [0.1, 0.15) is 38.3 Å². The molecule has 0 aromatic heterocycles. The van der Waals surface area contributed by atoms with Gasteiger partial charge < -0.3 is 10.6 Å². The van der Waals surface area contributed by atoms with Crippen LogP contribution in [-0.2, 0) is 4.79 Å². The molecule has 20 heavy (non-hydrogen) atoms. The number of nitrogens with zero attached hydrogens (tertiary/aromatic N) is 1. The van der Waals surface area contributed by atoms with E-state index < -0.39 is 0 Å². The second-order valence-electron chi connectivity index (χ2n) is 5.48. The lowest BCUT2D eigenvalue weighted by molar-refractivity contribution is -0.121. The molecule has 0 fully saturated rings. The van der Waals surface area contributed by atoms with Crippen LogP contribution in [0.3, 0.4) is 0 Å². The Bertz CT molecular complexity index is 503. The molecule has 0 heterocycles. The summed E-state index contributed by atoms with van der Waals surface area (Å²) < 4.78 is 0. The van der Waals surface area contributed by atoms with Gasteiger partial charge in [0.15, 0.2) is 0 Å². The summed E-state index contributed by atoms with van der Waals surface area (Å²) in [5.74, 6) is 0.556. The Labute approximate surface area is 121 Å². The Kier molecular flexibility index (Phi) is 6.05. The highest BCUT2D eigenvalue weighted by molar-refractivity contribution is 5.84. The highest BCUT2D eigenvalue weighted by atomic mass is 16.2. The van der Waals surface area contributed by atoms with Crippen LogP contribution in [0.25, 0.3) is 0 Å². The fourth-order valence-corrected chi connectivity index (χ4v) is 1.78. The minimum atomic E-state index is -0.324. The van der Waals surface area contributed by atoms with Gasteiger partial charge in [-0.25, -0.2) is 0 Å². The summed E-state index contributed by atoms with van der Waals surface area (Å²) in [6.45, 7) is 8.73. The van der Waals surface area contributed by atoms with E-state index in [9.17, 15) is 4.79 Å². The van der Waals surface area contributed by atoms with E-state index in [0.29, 0.717) is 18.0 Å². The van der Waals surface area contributed by atoms with Gasteiger partial charge >= 0.3 is 0 Å². The number of nitrogens with one attached hydrogen (secondary N) is 2. The number of hydrogen-bond acceptors (Lipinski definition) is 3. The van der Waals surface area contributed by atoms with Crippen molar-refractivity contribution in [1.82, 2.24) is 5.32 Å². The molecule has 1 atom stereocenters. The highest BCUT2D eigenvalue weighted by Gasteiger charge is 2.13. The number of amides is 1. The highest BCUT2D eigenvalue weighted by Crippen LogP contribution is 2.17. The number of aryl methyl sites for hydroxylation is 1. The van der Waals surface area contributed by atoms with Gasteiger partial charge in [0.25, 0.3) is 0 Å². The van der Waals surface area contributed by atoms with Crippen molar-refractivity contribution in [2.45, 2.75) is 40.2 Å². The van der Waals surface area contributed by atoms with Crippen molar-refractivity contribution in [2.24, 2.45) is 5.92 Å². The molecule has 0 aliphatic rings. The predicted octanol–water partition coefficient (Wildman–Crippen LogP) is 2.83. The second-order valence-corrected chi connectivity index (χ2v) is 5.48. The van der Waals surface area contributed by atoms with Crippen molar-refractivity contribution in [2.75, 3.05) is 11.9 Å². The van der Waals surface area contributed by atoms with E-state index >= 15 is 0 Å². The molecule has 0 spiro atoms. The van der Waals surface area contributed by atoms with Gasteiger partial charge in [0.1, 0.15) is 6.04 Å². The van der Waals surface area contributed by atoms with E-state index in [2.05, 4.69) is 30.6 Å². The van der Waals surface area contributed by atoms with E-state index in [4.69, 9.17) is 5.26 Å². The summed E-state index contributed by atoms with van der Waals surface area (Å²) in [5.41, 5.74) is 2.44. The SMILES string of the molecule is Cc1ccc(C#N)cc1NC(C)C(=O)NCCC(C)C. The molecule has 4 nitrogen and oxygen atoms in total. The zero-order valence-electron chi connectivity index (χ0n) is 12.7. The lowest BCUT2D eigenvalue weighted by Gasteiger charge is -2.17. The second kappa shape index (κ2) is 7.54. The van der Waals surface area contributed by atoms with Gasteiger partial charge in [-0.15, -0.1) is 0 Å². The Balaban J connectivity index is 2.59. The smallest absolute Gasteiger partial charge is 0.242 e. The van der Waals surface area contributed by atoms with Crippen LogP contribution >= 0.6 is 0 Å². The fourth-order valence-electron chi connectivity index (χ4n) is 1.78. The molecular weight excluding hydrogens is 250 g/mol. The summed E-state index contributed by atoms with van der Waals surface area (Å²) in [6.07, 6.45) is 0.974. The molecule has 1 aromatic rings. The third-order valence-corrected chi connectivity index (χ3v) is 3.15. The van der Waals surface area contributed by atoms with E-state index in [1.165, 1.54) is 0 Å². The topological polar surface area (TPSA) is 64.9 Å². The molecule has 0 saturated heterocycles. The number of hydrogen-bond donors (Lipinski definition) is 2. The number of anilines is 1. The standard InChI is InChI=1S/C16H23N3O/c1-11(2)7-8-18-16(20)13(4)19-15-9-14(10-17)6-5-12(15)3/h5-6,9,11,13,19H,7-8H2,1-4H3,(H,18,20).